The van der Waals surface area contributed by atoms with E-state index in [1.807, 2.05) is 6.07 Å². The Morgan fingerprint density at radius 3 is 2.83 bits per heavy atom. The van der Waals surface area contributed by atoms with E-state index in [1.54, 1.807) is 12.1 Å². The number of fused-ring (bicyclic) bond motifs is 2. The van der Waals surface area contributed by atoms with Crippen LogP contribution in [0, 0.1) is 11.8 Å². The van der Waals surface area contributed by atoms with E-state index in [9.17, 15) is 9.90 Å². The number of benzene rings is 1. The van der Waals surface area contributed by atoms with Crippen LogP contribution in [0.1, 0.15) is 37.7 Å². The van der Waals surface area contributed by atoms with Crippen LogP contribution in [0.15, 0.2) is 33.5 Å². The average Bonchev–Trinajstić information content (AvgIpc) is 2.54. The maximum absolute atomic E-state index is 11.8. The van der Waals surface area contributed by atoms with Crippen molar-refractivity contribution in [1.29, 1.82) is 0 Å². The summed E-state index contributed by atoms with van der Waals surface area (Å²) >= 11 is 0. The van der Waals surface area contributed by atoms with Crippen molar-refractivity contribution in [2.45, 2.75) is 38.6 Å². The second-order valence-corrected chi connectivity index (χ2v) is 7.10. The van der Waals surface area contributed by atoms with Gasteiger partial charge in [-0.05, 0) is 48.9 Å². The van der Waals surface area contributed by atoms with Gasteiger partial charge in [0, 0.05) is 30.6 Å². The zero-order valence-electron chi connectivity index (χ0n) is 13.3. The van der Waals surface area contributed by atoms with Gasteiger partial charge in [0.2, 0.25) is 0 Å². The first-order chi connectivity index (χ1) is 11.2. The highest BCUT2D eigenvalue weighted by Gasteiger charge is 2.31. The molecular formula is C19H23NO3. The maximum Gasteiger partial charge on any atom is 0.336 e. The Morgan fingerprint density at radius 1 is 1.13 bits per heavy atom. The molecule has 1 saturated heterocycles. The van der Waals surface area contributed by atoms with Gasteiger partial charge in [-0.1, -0.05) is 19.3 Å². The van der Waals surface area contributed by atoms with E-state index in [0.29, 0.717) is 5.58 Å². The number of phenolic OH excluding ortho intramolecular Hbond substituents is 1. The smallest absolute Gasteiger partial charge is 0.336 e. The van der Waals surface area contributed by atoms with E-state index in [0.717, 1.165) is 42.4 Å². The molecule has 0 radical (unpaired) electrons. The van der Waals surface area contributed by atoms with Crippen LogP contribution in [0.4, 0.5) is 0 Å². The van der Waals surface area contributed by atoms with E-state index in [4.69, 9.17) is 4.42 Å². The largest absolute Gasteiger partial charge is 0.508 e. The minimum absolute atomic E-state index is 0.126. The van der Waals surface area contributed by atoms with Crippen LogP contribution in [0.5, 0.6) is 5.75 Å². The molecule has 2 aromatic rings. The molecule has 0 amide bonds. The summed E-state index contributed by atoms with van der Waals surface area (Å²) in [6.07, 6.45) is 6.80. The highest BCUT2D eigenvalue weighted by molar-refractivity contribution is 5.81. The molecule has 1 aliphatic heterocycles. The average molecular weight is 313 g/mol. The molecule has 0 bridgehead atoms. The van der Waals surface area contributed by atoms with Crippen molar-refractivity contribution < 1.29 is 9.52 Å². The lowest BCUT2D eigenvalue weighted by Crippen LogP contribution is -2.41. The van der Waals surface area contributed by atoms with Gasteiger partial charge < -0.3 is 9.52 Å². The Balaban J connectivity index is 1.59. The van der Waals surface area contributed by atoms with Crippen molar-refractivity contribution in [3.05, 3.63) is 40.2 Å². The molecule has 1 aromatic heterocycles. The molecule has 0 spiro atoms. The predicted molar refractivity (Wildman–Crippen MR) is 89.5 cm³/mol. The van der Waals surface area contributed by atoms with Crippen LogP contribution in [-0.4, -0.2) is 23.1 Å². The van der Waals surface area contributed by atoms with Crippen LogP contribution in [0.25, 0.3) is 11.0 Å². The predicted octanol–water partition coefficient (Wildman–Crippen LogP) is 3.51. The molecule has 1 saturated carbocycles. The zero-order valence-corrected chi connectivity index (χ0v) is 13.3. The van der Waals surface area contributed by atoms with Crippen molar-refractivity contribution in [2.75, 3.05) is 13.1 Å². The molecule has 122 valence electrons. The highest BCUT2D eigenvalue weighted by Crippen LogP contribution is 2.36. The lowest BCUT2D eigenvalue weighted by atomic mass is 9.75. The molecule has 2 fully saturated rings. The second-order valence-electron chi connectivity index (χ2n) is 7.10. The third kappa shape index (κ3) is 3.00. The first kappa shape index (κ1) is 14.8. The lowest BCUT2D eigenvalue weighted by molar-refractivity contribution is 0.0822. The van der Waals surface area contributed by atoms with Gasteiger partial charge in [0.15, 0.2) is 0 Å². The van der Waals surface area contributed by atoms with Gasteiger partial charge in [-0.25, -0.2) is 4.79 Å². The third-order valence-electron chi connectivity index (χ3n) is 5.58. The third-order valence-corrected chi connectivity index (χ3v) is 5.58. The van der Waals surface area contributed by atoms with Gasteiger partial charge in [0.25, 0.3) is 0 Å². The monoisotopic (exact) mass is 313 g/mol. The number of hydrogen-bond acceptors (Lipinski definition) is 4. The number of piperidine rings is 1. The van der Waals surface area contributed by atoms with E-state index < -0.39 is 0 Å². The molecule has 23 heavy (non-hydrogen) atoms. The summed E-state index contributed by atoms with van der Waals surface area (Å²) in [7, 11) is 0. The molecule has 1 N–H and O–H groups in total. The van der Waals surface area contributed by atoms with Crippen molar-refractivity contribution in [1.82, 2.24) is 4.90 Å². The lowest BCUT2D eigenvalue weighted by Gasteiger charge is -2.41. The van der Waals surface area contributed by atoms with Crippen LogP contribution in [-0.2, 0) is 6.54 Å². The first-order valence-corrected chi connectivity index (χ1v) is 8.67. The second kappa shape index (κ2) is 6.00. The van der Waals surface area contributed by atoms with Crippen molar-refractivity contribution in [3.63, 3.8) is 0 Å². The highest BCUT2D eigenvalue weighted by atomic mass is 16.4. The van der Waals surface area contributed by atoms with Crippen molar-refractivity contribution >= 4 is 11.0 Å². The van der Waals surface area contributed by atoms with Gasteiger partial charge in [0.1, 0.15) is 11.3 Å². The Morgan fingerprint density at radius 2 is 1.96 bits per heavy atom. The fourth-order valence-electron chi connectivity index (χ4n) is 4.41. The molecule has 4 nitrogen and oxygen atoms in total. The quantitative estimate of drug-likeness (QED) is 0.862. The molecule has 1 aromatic carbocycles. The minimum atomic E-state index is -0.342. The summed E-state index contributed by atoms with van der Waals surface area (Å²) in [6, 6.07) is 6.62. The fraction of sp³-hybridized carbons (Fsp3) is 0.526. The summed E-state index contributed by atoms with van der Waals surface area (Å²) < 4.78 is 5.22. The molecule has 4 heteroatoms. The Kier molecular flexibility index (Phi) is 3.85. The molecule has 2 aliphatic rings. The van der Waals surface area contributed by atoms with Crippen molar-refractivity contribution in [2.24, 2.45) is 11.8 Å². The van der Waals surface area contributed by atoms with Gasteiger partial charge in [-0.15, -0.1) is 0 Å². The van der Waals surface area contributed by atoms with E-state index in [-0.39, 0.29) is 11.4 Å². The Labute approximate surface area is 135 Å². The minimum Gasteiger partial charge on any atom is -0.508 e. The van der Waals surface area contributed by atoms with Gasteiger partial charge in [-0.2, -0.15) is 0 Å². The van der Waals surface area contributed by atoms with Gasteiger partial charge in [-0.3, -0.25) is 4.90 Å². The number of rotatable bonds is 2. The van der Waals surface area contributed by atoms with Crippen molar-refractivity contribution in [3.8, 4) is 5.75 Å². The SMILES string of the molecule is O=c1cc(CN2CC[C@H]3CCCC[C@@H]3C2)c2ccc(O)cc2o1. The molecule has 2 atom stereocenters. The number of nitrogens with zero attached hydrogens (tertiary/aromatic N) is 1. The standard InChI is InChI=1S/C19H23NO3/c21-16-5-6-17-15(9-19(22)23-18(17)10-16)12-20-8-7-13-3-1-2-4-14(13)11-20/h5-6,9-10,13-14,21H,1-4,7-8,11-12H2/t13-,14-/m1/s1. The molecule has 2 heterocycles. The number of hydrogen-bond donors (Lipinski definition) is 1. The molecule has 1 aliphatic carbocycles. The summed E-state index contributed by atoms with van der Waals surface area (Å²) in [5.74, 6) is 1.86. The fourth-order valence-corrected chi connectivity index (χ4v) is 4.41. The first-order valence-electron chi connectivity index (χ1n) is 8.67. The maximum atomic E-state index is 11.8. The number of aromatic hydroxyl groups is 1. The van der Waals surface area contributed by atoms with Crippen LogP contribution in [0.3, 0.4) is 0 Å². The van der Waals surface area contributed by atoms with Gasteiger partial charge in [0.05, 0.1) is 0 Å². The van der Waals surface area contributed by atoms with Crippen LogP contribution >= 0.6 is 0 Å². The Hall–Kier alpha value is -1.81. The summed E-state index contributed by atoms with van der Waals surface area (Å²) in [4.78, 5) is 14.3. The van der Waals surface area contributed by atoms with E-state index >= 15 is 0 Å². The topological polar surface area (TPSA) is 53.7 Å². The molecule has 0 unspecified atom stereocenters. The number of likely N-dealkylation sites (tertiary alicyclic amines) is 1. The summed E-state index contributed by atoms with van der Waals surface area (Å²) in [6.45, 7) is 3.04. The number of phenols is 1. The molecule has 4 rings (SSSR count). The zero-order chi connectivity index (χ0) is 15.8. The summed E-state index contributed by atoms with van der Waals surface area (Å²) in [5, 5.41) is 10.5. The Bertz CT molecular complexity index is 767. The van der Waals surface area contributed by atoms with E-state index in [2.05, 4.69) is 4.90 Å². The summed E-state index contributed by atoms with van der Waals surface area (Å²) in [5.41, 5.74) is 1.14. The van der Waals surface area contributed by atoms with E-state index in [1.165, 1.54) is 38.2 Å². The van der Waals surface area contributed by atoms with Crippen LogP contribution in [0.2, 0.25) is 0 Å². The van der Waals surface area contributed by atoms with Crippen LogP contribution < -0.4 is 5.63 Å². The normalized spacial score (nSPS) is 25.4. The van der Waals surface area contributed by atoms with Gasteiger partial charge >= 0.3 is 5.63 Å². The molecular weight excluding hydrogens is 290 g/mol.